The lowest BCUT2D eigenvalue weighted by atomic mass is 10.1. The summed E-state index contributed by atoms with van der Waals surface area (Å²) >= 11 is 0. The zero-order valence-corrected chi connectivity index (χ0v) is 8.68. The van der Waals surface area contributed by atoms with E-state index in [1.807, 2.05) is 25.1 Å². The third-order valence-electron chi connectivity index (χ3n) is 2.18. The van der Waals surface area contributed by atoms with Crippen molar-refractivity contribution >= 4 is 17.0 Å². The first-order chi connectivity index (χ1) is 7.40. The van der Waals surface area contributed by atoms with Crippen LogP contribution in [0, 0.1) is 0 Å². The van der Waals surface area contributed by atoms with Crippen LogP contribution in [0.2, 0.25) is 0 Å². The molecular weight excluding hydrogens is 186 g/mol. The topological polar surface area (TPSA) is 21.6 Å². The molecule has 0 aliphatic carbocycles. The third-order valence-corrected chi connectivity index (χ3v) is 2.18. The van der Waals surface area contributed by atoms with Crippen molar-refractivity contribution in [3.63, 3.8) is 0 Å². The van der Waals surface area contributed by atoms with Crippen molar-refractivity contribution in [1.29, 1.82) is 0 Å². The molecule has 0 spiro atoms. The molecule has 0 fully saturated rings. The zero-order chi connectivity index (χ0) is 10.5. The lowest BCUT2D eigenvalue weighted by molar-refractivity contribution is 0.160. The first kappa shape index (κ1) is 9.71. The van der Waals surface area contributed by atoms with E-state index < -0.39 is 0 Å². The normalized spacial score (nSPS) is 11.0. The van der Waals surface area contributed by atoms with Crippen molar-refractivity contribution in [2.45, 2.75) is 6.92 Å². The molecule has 2 aromatic rings. The van der Waals surface area contributed by atoms with Crippen LogP contribution < -0.4 is 0 Å². The van der Waals surface area contributed by atoms with Crippen LogP contribution >= 0.6 is 0 Å². The van der Waals surface area contributed by atoms with Crippen LogP contribution in [0.3, 0.4) is 0 Å². The average molecular weight is 199 g/mol. The Bertz CT molecular complexity index is 477. The van der Waals surface area contributed by atoms with Gasteiger partial charge >= 0.3 is 0 Å². The second-order valence-electron chi connectivity index (χ2n) is 3.26. The molecular formula is C13H13NO. The Morgan fingerprint density at radius 2 is 1.93 bits per heavy atom. The molecule has 0 amide bonds. The monoisotopic (exact) mass is 199 g/mol. The van der Waals surface area contributed by atoms with Crippen molar-refractivity contribution in [3.8, 4) is 0 Å². The van der Waals surface area contributed by atoms with E-state index in [1.54, 1.807) is 6.21 Å². The minimum Gasteiger partial charge on any atom is -0.396 e. The number of fused-ring (bicyclic) bond motifs is 1. The van der Waals surface area contributed by atoms with Gasteiger partial charge in [0.2, 0.25) is 0 Å². The molecule has 0 unspecified atom stereocenters. The van der Waals surface area contributed by atoms with E-state index in [0.29, 0.717) is 6.61 Å². The smallest absolute Gasteiger partial charge is 0.114 e. The molecule has 0 saturated heterocycles. The summed E-state index contributed by atoms with van der Waals surface area (Å²) in [5.41, 5.74) is 1.06. The fourth-order valence-corrected chi connectivity index (χ4v) is 1.46. The van der Waals surface area contributed by atoms with Gasteiger partial charge in [0.1, 0.15) is 6.61 Å². The molecule has 2 nitrogen and oxygen atoms in total. The van der Waals surface area contributed by atoms with E-state index in [9.17, 15) is 0 Å². The molecule has 2 rings (SSSR count). The number of oxime groups is 1. The van der Waals surface area contributed by atoms with Gasteiger partial charge in [-0.3, -0.25) is 0 Å². The van der Waals surface area contributed by atoms with Gasteiger partial charge in [-0.15, -0.1) is 0 Å². The molecule has 0 heterocycles. The van der Waals surface area contributed by atoms with Crippen molar-refractivity contribution < 1.29 is 4.84 Å². The van der Waals surface area contributed by atoms with Gasteiger partial charge in [0.25, 0.3) is 0 Å². The van der Waals surface area contributed by atoms with Gasteiger partial charge in [-0.05, 0) is 29.3 Å². The van der Waals surface area contributed by atoms with Gasteiger partial charge in [-0.25, -0.2) is 0 Å². The zero-order valence-electron chi connectivity index (χ0n) is 8.68. The number of hydrogen-bond donors (Lipinski definition) is 0. The van der Waals surface area contributed by atoms with E-state index in [1.165, 1.54) is 10.8 Å². The number of hydrogen-bond acceptors (Lipinski definition) is 2. The van der Waals surface area contributed by atoms with Gasteiger partial charge in [-0.2, -0.15) is 0 Å². The summed E-state index contributed by atoms with van der Waals surface area (Å²) in [6, 6.07) is 14.5. The van der Waals surface area contributed by atoms with Crippen LogP contribution in [-0.4, -0.2) is 12.8 Å². The van der Waals surface area contributed by atoms with E-state index in [-0.39, 0.29) is 0 Å². The highest BCUT2D eigenvalue weighted by Crippen LogP contribution is 2.14. The maximum absolute atomic E-state index is 4.92. The Kier molecular flexibility index (Phi) is 2.98. The Morgan fingerprint density at radius 3 is 2.73 bits per heavy atom. The maximum atomic E-state index is 4.92. The van der Waals surface area contributed by atoms with Crippen LogP contribution in [0.5, 0.6) is 0 Å². The Balaban J connectivity index is 2.30. The van der Waals surface area contributed by atoms with Gasteiger partial charge in [0.05, 0.1) is 6.21 Å². The van der Waals surface area contributed by atoms with Crippen molar-refractivity contribution in [3.05, 3.63) is 48.0 Å². The average Bonchev–Trinajstić information content (AvgIpc) is 2.29. The summed E-state index contributed by atoms with van der Waals surface area (Å²) in [6.45, 7) is 2.52. The predicted octanol–water partition coefficient (Wildman–Crippen LogP) is 3.21. The highest BCUT2D eigenvalue weighted by Gasteiger charge is 1.92. The number of nitrogens with zero attached hydrogens (tertiary/aromatic N) is 1. The number of benzene rings is 2. The Morgan fingerprint density at radius 1 is 1.13 bits per heavy atom. The highest BCUT2D eigenvalue weighted by atomic mass is 16.6. The van der Waals surface area contributed by atoms with Crippen LogP contribution in [0.15, 0.2) is 47.6 Å². The SMILES string of the molecule is CCO/N=C/c1ccc2ccccc2c1. The van der Waals surface area contributed by atoms with Gasteiger partial charge in [-0.1, -0.05) is 41.6 Å². The molecule has 0 radical (unpaired) electrons. The Hall–Kier alpha value is -1.83. The molecule has 15 heavy (non-hydrogen) atoms. The molecule has 0 aliphatic rings. The molecule has 76 valence electrons. The van der Waals surface area contributed by atoms with Gasteiger partial charge < -0.3 is 4.84 Å². The summed E-state index contributed by atoms with van der Waals surface area (Å²) in [6.07, 6.45) is 1.73. The summed E-state index contributed by atoms with van der Waals surface area (Å²) in [5.74, 6) is 0. The summed E-state index contributed by atoms with van der Waals surface area (Å²) in [5, 5.41) is 6.30. The minimum absolute atomic E-state index is 0.601. The molecule has 2 aromatic carbocycles. The lowest BCUT2D eigenvalue weighted by Gasteiger charge is -1.98. The summed E-state index contributed by atoms with van der Waals surface area (Å²) < 4.78 is 0. The predicted molar refractivity (Wildman–Crippen MR) is 63.2 cm³/mol. The maximum Gasteiger partial charge on any atom is 0.114 e. The quantitative estimate of drug-likeness (QED) is 0.549. The molecule has 0 aromatic heterocycles. The van der Waals surface area contributed by atoms with E-state index in [0.717, 1.165) is 5.56 Å². The lowest BCUT2D eigenvalue weighted by Crippen LogP contribution is -1.84. The largest absolute Gasteiger partial charge is 0.396 e. The second-order valence-corrected chi connectivity index (χ2v) is 3.26. The van der Waals surface area contributed by atoms with E-state index in [4.69, 9.17) is 4.84 Å². The van der Waals surface area contributed by atoms with Crippen molar-refractivity contribution in [2.24, 2.45) is 5.16 Å². The molecule has 0 N–H and O–H groups in total. The van der Waals surface area contributed by atoms with Gasteiger partial charge in [0, 0.05) is 0 Å². The molecule has 0 atom stereocenters. The van der Waals surface area contributed by atoms with Gasteiger partial charge in [0.15, 0.2) is 0 Å². The minimum atomic E-state index is 0.601. The van der Waals surface area contributed by atoms with E-state index >= 15 is 0 Å². The summed E-state index contributed by atoms with van der Waals surface area (Å²) in [4.78, 5) is 4.92. The standard InChI is InChI=1S/C13H13NO/c1-2-15-14-10-11-7-8-12-5-3-4-6-13(12)9-11/h3-10H,2H2,1H3/b14-10+. The van der Waals surface area contributed by atoms with Crippen LogP contribution in [0.25, 0.3) is 10.8 Å². The van der Waals surface area contributed by atoms with Crippen molar-refractivity contribution in [1.82, 2.24) is 0 Å². The Labute approximate surface area is 89.2 Å². The molecule has 0 aliphatic heterocycles. The van der Waals surface area contributed by atoms with Crippen LogP contribution in [0.4, 0.5) is 0 Å². The van der Waals surface area contributed by atoms with E-state index in [2.05, 4.69) is 29.4 Å². The third kappa shape index (κ3) is 2.34. The first-order valence-electron chi connectivity index (χ1n) is 5.04. The number of rotatable bonds is 3. The fourth-order valence-electron chi connectivity index (χ4n) is 1.46. The van der Waals surface area contributed by atoms with Crippen LogP contribution in [-0.2, 0) is 4.84 Å². The summed E-state index contributed by atoms with van der Waals surface area (Å²) in [7, 11) is 0. The molecule has 0 bridgehead atoms. The van der Waals surface area contributed by atoms with Crippen molar-refractivity contribution in [2.75, 3.05) is 6.61 Å². The first-order valence-corrected chi connectivity index (χ1v) is 5.04. The second kappa shape index (κ2) is 4.60. The van der Waals surface area contributed by atoms with Crippen LogP contribution in [0.1, 0.15) is 12.5 Å². The molecule has 2 heteroatoms. The highest BCUT2D eigenvalue weighted by molar-refractivity contribution is 5.90. The fraction of sp³-hybridized carbons (Fsp3) is 0.154. The molecule has 0 saturated carbocycles.